The zero-order valence-electron chi connectivity index (χ0n) is 19.4. The third-order valence-electron chi connectivity index (χ3n) is 4.10. The van der Waals surface area contributed by atoms with Crippen molar-refractivity contribution in [3.63, 3.8) is 0 Å². The standard InChI is InChI=1S/3C9H12.H3P/c3*1-7-4-8(2)6-9(3)5-7;/h3*4-6H,1-3H3;1H3. The maximum Gasteiger partial charge on any atom is -0.0398 e. The van der Waals surface area contributed by atoms with Gasteiger partial charge in [0.2, 0.25) is 0 Å². The lowest BCUT2D eigenvalue weighted by molar-refractivity contribution is 1.32. The van der Waals surface area contributed by atoms with Crippen LogP contribution < -0.4 is 0 Å². The predicted octanol–water partition coefficient (Wildman–Crippen LogP) is 7.89. The van der Waals surface area contributed by atoms with Gasteiger partial charge in [-0.05, 0) is 62.3 Å². The van der Waals surface area contributed by atoms with Gasteiger partial charge in [-0.3, -0.25) is 0 Å². The molecule has 0 N–H and O–H groups in total. The Labute approximate surface area is 177 Å². The van der Waals surface area contributed by atoms with Crippen molar-refractivity contribution in [3.8, 4) is 0 Å². The Balaban J connectivity index is 0.000000384. The average molecular weight is 395 g/mol. The summed E-state index contributed by atoms with van der Waals surface area (Å²) >= 11 is 0. The second-order valence-corrected chi connectivity index (χ2v) is 8.00. The Hall–Kier alpha value is -1.91. The molecule has 0 fully saturated rings. The number of aryl methyl sites for hydroxylation is 9. The topological polar surface area (TPSA) is 0 Å². The van der Waals surface area contributed by atoms with Gasteiger partial charge >= 0.3 is 0 Å². The zero-order valence-corrected chi connectivity index (χ0v) is 20.8. The summed E-state index contributed by atoms with van der Waals surface area (Å²) in [6.07, 6.45) is 0. The molecule has 3 aromatic carbocycles. The molecule has 1 atom stereocenters. The molecule has 1 unspecified atom stereocenters. The summed E-state index contributed by atoms with van der Waals surface area (Å²) in [6, 6.07) is 19.7. The van der Waals surface area contributed by atoms with E-state index in [1.165, 1.54) is 50.1 Å². The van der Waals surface area contributed by atoms with Crippen molar-refractivity contribution in [2.45, 2.75) is 62.3 Å². The summed E-state index contributed by atoms with van der Waals surface area (Å²) in [5.41, 5.74) is 12.2. The van der Waals surface area contributed by atoms with Gasteiger partial charge in [0.25, 0.3) is 0 Å². The molecule has 0 heterocycles. The van der Waals surface area contributed by atoms with E-state index in [1.807, 2.05) is 0 Å². The molecule has 0 radical (unpaired) electrons. The van der Waals surface area contributed by atoms with Crippen molar-refractivity contribution in [1.82, 2.24) is 0 Å². The van der Waals surface area contributed by atoms with Crippen LogP contribution in [0.5, 0.6) is 0 Å². The number of benzene rings is 3. The third-order valence-corrected chi connectivity index (χ3v) is 4.10. The van der Waals surface area contributed by atoms with Gasteiger partial charge in [-0.1, -0.05) is 105 Å². The van der Waals surface area contributed by atoms with Crippen LogP contribution >= 0.6 is 9.90 Å². The Kier molecular flexibility index (Phi) is 11.7. The quantitative estimate of drug-likeness (QED) is 0.340. The largest absolute Gasteiger partial charge is 0.153 e. The van der Waals surface area contributed by atoms with Crippen LogP contribution in [0.2, 0.25) is 0 Å². The molecule has 0 spiro atoms. The first-order chi connectivity index (χ1) is 12.5. The molecule has 0 aromatic heterocycles. The third kappa shape index (κ3) is 11.1. The number of hydrogen-bond donors (Lipinski definition) is 0. The van der Waals surface area contributed by atoms with Gasteiger partial charge in [-0.2, -0.15) is 9.90 Å². The maximum atomic E-state index is 2.19. The summed E-state index contributed by atoms with van der Waals surface area (Å²) in [6.45, 7) is 19.1. The number of rotatable bonds is 0. The fourth-order valence-corrected chi connectivity index (χ4v) is 3.61. The van der Waals surface area contributed by atoms with E-state index in [9.17, 15) is 0 Å². The first-order valence-electron chi connectivity index (χ1n) is 9.70. The van der Waals surface area contributed by atoms with Crippen LogP contribution in [0, 0.1) is 62.3 Å². The Morgan fingerprint density at radius 3 is 0.393 bits per heavy atom. The van der Waals surface area contributed by atoms with E-state index < -0.39 is 0 Å². The van der Waals surface area contributed by atoms with Crippen molar-refractivity contribution in [2.24, 2.45) is 0 Å². The van der Waals surface area contributed by atoms with Crippen molar-refractivity contribution >= 4 is 9.90 Å². The van der Waals surface area contributed by atoms with Gasteiger partial charge in [-0.15, -0.1) is 0 Å². The van der Waals surface area contributed by atoms with Crippen molar-refractivity contribution in [2.75, 3.05) is 0 Å². The predicted molar refractivity (Wildman–Crippen MR) is 133 cm³/mol. The molecular formula is C27H39P. The zero-order chi connectivity index (χ0) is 20.6. The Morgan fingerprint density at radius 2 is 0.321 bits per heavy atom. The van der Waals surface area contributed by atoms with E-state index in [0.717, 1.165) is 0 Å². The van der Waals surface area contributed by atoms with Crippen LogP contribution in [0.25, 0.3) is 0 Å². The van der Waals surface area contributed by atoms with Gasteiger partial charge in [0.1, 0.15) is 0 Å². The van der Waals surface area contributed by atoms with Gasteiger partial charge in [-0.25, -0.2) is 0 Å². The molecule has 1 heteroatoms. The maximum absolute atomic E-state index is 2.19. The van der Waals surface area contributed by atoms with Crippen molar-refractivity contribution in [1.29, 1.82) is 0 Å². The van der Waals surface area contributed by atoms with Gasteiger partial charge in [0, 0.05) is 0 Å². The molecule has 28 heavy (non-hydrogen) atoms. The molecule has 0 nitrogen and oxygen atoms in total. The van der Waals surface area contributed by atoms with Gasteiger partial charge in [0.05, 0.1) is 0 Å². The van der Waals surface area contributed by atoms with E-state index in [4.69, 9.17) is 0 Å². The minimum atomic E-state index is 0. The molecule has 0 aliphatic rings. The van der Waals surface area contributed by atoms with E-state index in [1.54, 1.807) is 0 Å². The van der Waals surface area contributed by atoms with Crippen LogP contribution in [0.3, 0.4) is 0 Å². The van der Waals surface area contributed by atoms with E-state index >= 15 is 0 Å². The summed E-state index contributed by atoms with van der Waals surface area (Å²) in [4.78, 5) is 0. The summed E-state index contributed by atoms with van der Waals surface area (Å²) in [5.74, 6) is 0. The molecule has 3 rings (SSSR count). The Morgan fingerprint density at radius 1 is 0.250 bits per heavy atom. The fourth-order valence-electron chi connectivity index (χ4n) is 3.61. The lowest BCUT2D eigenvalue weighted by Gasteiger charge is -1.96. The summed E-state index contributed by atoms with van der Waals surface area (Å²) in [7, 11) is 0. The second-order valence-electron chi connectivity index (χ2n) is 8.00. The minimum absolute atomic E-state index is 0. The van der Waals surface area contributed by atoms with Crippen LogP contribution in [-0.2, 0) is 0 Å². The van der Waals surface area contributed by atoms with Crippen LogP contribution in [-0.4, -0.2) is 0 Å². The minimum Gasteiger partial charge on any atom is -0.153 e. The smallest absolute Gasteiger partial charge is 0.0398 e. The van der Waals surface area contributed by atoms with Crippen molar-refractivity contribution in [3.05, 3.63) is 105 Å². The van der Waals surface area contributed by atoms with Gasteiger partial charge in [0.15, 0.2) is 0 Å². The molecule has 3 aromatic rings. The highest BCUT2D eigenvalue weighted by Crippen LogP contribution is 2.07. The molecule has 0 aliphatic heterocycles. The van der Waals surface area contributed by atoms with Crippen LogP contribution in [0.1, 0.15) is 50.1 Å². The molecule has 0 aliphatic carbocycles. The Bertz CT molecular complexity index is 606. The second kappa shape index (κ2) is 12.5. The van der Waals surface area contributed by atoms with Gasteiger partial charge < -0.3 is 0 Å². The van der Waals surface area contributed by atoms with E-state index in [2.05, 4.69) is 117 Å². The average Bonchev–Trinajstić information content (AvgIpc) is 2.43. The highest BCUT2D eigenvalue weighted by atomic mass is 31.0. The molecule has 0 bridgehead atoms. The van der Waals surface area contributed by atoms with E-state index in [0.29, 0.717) is 0 Å². The highest BCUT2D eigenvalue weighted by Gasteiger charge is 1.89. The fraction of sp³-hybridized carbons (Fsp3) is 0.333. The highest BCUT2D eigenvalue weighted by molar-refractivity contribution is 6.92. The SMILES string of the molecule is Cc1cc(C)cc(C)c1.Cc1cc(C)cc(C)c1.Cc1cc(C)cc(C)c1.P. The van der Waals surface area contributed by atoms with Crippen molar-refractivity contribution < 1.29 is 0 Å². The lowest BCUT2D eigenvalue weighted by Crippen LogP contribution is -1.78. The van der Waals surface area contributed by atoms with E-state index in [-0.39, 0.29) is 9.90 Å². The molecule has 0 saturated carbocycles. The molecule has 152 valence electrons. The first-order valence-corrected chi connectivity index (χ1v) is 9.70. The molecular weight excluding hydrogens is 355 g/mol. The molecule has 0 saturated heterocycles. The summed E-state index contributed by atoms with van der Waals surface area (Å²) in [5, 5.41) is 0. The van der Waals surface area contributed by atoms with Crippen LogP contribution in [0.15, 0.2) is 54.6 Å². The monoisotopic (exact) mass is 394 g/mol. The normalized spacial score (nSPS) is 9.32. The molecule has 0 amide bonds. The lowest BCUT2D eigenvalue weighted by atomic mass is 10.1. The number of hydrogen-bond acceptors (Lipinski definition) is 0. The first kappa shape index (κ1) is 26.1. The van der Waals surface area contributed by atoms with Crippen LogP contribution in [0.4, 0.5) is 0 Å². The summed E-state index contributed by atoms with van der Waals surface area (Å²) < 4.78 is 0.